The maximum atomic E-state index is 13.2. The summed E-state index contributed by atoms with van der Waals surface area (Å²) in [7, 11) is 1.83. The molecule has 2 N–H and O–H groups in total. The summed E-state index contributed by atoms with van der Waals surface area (Å²) >= 11 is 0. The number of hydrogen-bond donors (Lipinski definition) is 2. The average molecular weight is 357 g/mol. The molecule has 0 saturated carbocycles. The van der Waals surface area contributed by atoms with Crippen molar-refractivity contribution >= 4 is 5.91 Å². The van der Waals surface area contributed by atoms with Crippen LogP contribution in [0.1, 0.15) is 38.8 Å². The second-order valence-electron chi connectivity index (χ2n) is 7.96. The van der Waals surface area contributed by atoms with Gasteiger partial charge in [-0.2, -0.15) is 0 Å². The van der Waals surface area contributed by atoms with Gasteiger partial charge in [-0.25, -0.2) is 4.68 Å². The highest BCUT2D eigenvalue weighted by Crippen LogP contribution is 2.26. The third kappa shape index (κ3) is 4.08. The third-order valence-electron chi connectivity index (χ3n) is 4.88. The van der Waals surface area contributed by atoms with Crippen molar-refractivity contribution < 1.29 is 4.79 Å². The summed E-state index contributed by atoms with van der Waals surface area (Å²) < 4.78 is 1.51. The molecule has 2 aromatic rings. The molecule has 3 rings (SSSR count). The minimum atomic E-state index is -0.566. The lowest BCUT2D eigenvalue weighted by Gasteiger charge is -2.27. The molecule has 8 heteroatoms. The Hall–Kier alpha value is -2.32. The number of likely N-dealkylation sites (N-methyl/N-ethyl adjacent to an activating group) is 1. The fourth-order valence-electron chi connectivity index (χ4n) is 3.27. The molecule has 1 aromatic carbocycles. The molecule has 3 unspecified atom stereocenters. The Morgan fingerprint density at radius 1 is 1.31 bits per heavy atom. The van der Waals surface area contributed by atoms with E-state index in [4.69, 9.17) is 0 Å². The number of nitrogens with one attached hydrogen (secondary N) is 2. The highest BCUT2D eigenvalue weighted by Gasteiger charge is 2.34. The quantitative estimate of drug-likeness (QED) is 0.830. The van der Waals surface area contributed by atoms with Gasteiger partial charge in [-0.15, -0.1) is 5.10 Å². The van der Waals surface area contributed by atoms with E-state index in [1.807, 2.05) is 37.4 Å². The molecule has 0 bridgehead atoms. The molecule has 1 aliphatic heterocycles. The Kier molecular flexibility index (Phi) is 5.33. The second-order valence-corrected chi connectivity index (χ2v) is 7.96. The summed E-state index contributed by atoms with van der Waals surface area (Å²) in [5, 5.41) is 11.3. The number of rotatable bonds is 5. The summed E-state index contributed by atoms with van der Waals surface area (Å²) in [6.07, 6.45) is 2.45. The van der Waals surface area contributed by atoms with Gasteiger partial charge in [0, 0.05) is 25.7 Å². The molecule has 0 aliphatic carbocycles. The Labute approximate surface area is 153 Å². The predicted molar refractivity (Wildman–Crippen MR) is 98.0 cm³/mol. The molecule has 1 fully saturated rings. The number of amides is 1. The van der Waals surface area contributed by atoms with E-state index in [0.717, 1.165) is 12.0 Å². The summed E-state index contributed by atoms with van der Waals surface area (Å²) in [6.45, 7) is 7.26. The average Bonchev–Trinajstić information content (AvgIpc) is 3.27. The van der Waals surface area contributed by atoms with Gasteiger partial charge >= 0.3 is 0 Å². The molecule has 140 valence electrons. The molecule has 1 aromatic heterocycles. The summed E-state index contributed by atoms with van der Waals surface area (Å²) in [4.78, 5) is 14.9. The lowest BCUT2D eigenvalue weighted by Crippen LogP contribution is -2.44. The first-order chi connectivity index (χ1) is 12.4. The lowest BCUT2D eigenvalue weighted by atomic mass is 9.84. The van der Waals surface area contributed by atoms with Gasteiger partial charge in [0.15, 0.2) is 6.04 Å². The van der Waals surface area contributed by atoms with Crippen LogP contribution in [-0.2, 0) is 4.79 Å². The normalized spacial score (nSPS) is 21.5. The zero-order valence-electron chi connectivity index (χ0n) is 15.8. The van der Waals surface area contributed by atoms with Crippen LogP contribution in [0.4, 0.5) is 0 Å². The molecule has 1 saturated heterocycles. The molecule has 1 aliphatic rings. The number of hydrazine groups is 1. The van der Waals surface area contributed by atoms with Crippen molar-refractivity contribution in [1.29, 1.82) is 0 Å². The molecule has 0 spiro atoms. The molecule has 1 amide bonds. The first-order valence-electron chi connectivity index (χ1n) is 8.89. The molecule has 8 nitrogen and oxygen atoms in total. The second kappa shape index (κ2) is 7.51. The van der Waals surface area contributed by atoms with Crippen molar-refractivity contribution in [3.8, 4) is 0 Å². The Balaban J connectivity index is 1.71. The number of tetrazole rings is 1. The largest absolute Gasteiger partial charge is 0.342 e. The molecule has 26 heavy (non-hydrogen) atoms. The van der Waals surface area contributed by atoms with E-state index in [-0.39, 0.29) is 17.4 Å². The van der Waals surface area contributed by atoms with Crippen molar-refractivity contribution in [1.82, 2.24) is 36.0 Å². The van der Waals surface area contributed by atoms with Crippen LogP contribution < -0.4 is 10.9 Å². The zero-order valence-corrected chi connectivity index (χ0v) is 15.8. The molecular formula is C18H27N7O. The Morgan fingerprint density at radius 2 is 2.04 bits per heavy atom. The van der Waals surface area contributed by atoms with Gasteiger partial charge in [0.1, 0.15) is 6.33 Å². The van der Waals surface area contributed by atoms with Crippen molar-refractivity contribution in [3.63, 3.8) is 0 Å². The number of carbonyl (C=O) groups excluding carboxylic acids is 1. The monoisotopic (exact) mass is 357 g/mol. The predicted octanol–water partition coefficient (Wildman–Crippen LogP) is 1.00. The number of hydrogen-bond acceptors (Lipinski definition) is 6. The number of carbonyl (C=O) groups is 1. The standard InChI is InChI=1S/C18H27N7O/c1-18(2,3)15-10-14(20-21-15)11-24(4)17(26)16(25-12-19-22-23-25)13-8-6-5-7-9-13/h5-9,12,14-16,20-21H,10-11H2,1-4H3. The topological polar surface area (TPSA) is 88.0 Å². The SMILES string of the molecule is CN(CC1CC(C(C)(C)C)NN1)C(=O)C(c1ccccc1)n1cnnn1. The van der Waals surface area contributed by atoms with Gasteiger partial charge in [0.2, 0.25) is 0 Å². The van der Waals surface area contributed by atoms with Crippen molar-refractivity contribution in [2.45, 2.75) is 45.3 Å². The summed E-state index contributed by atoms with van der Waals surface area (Å²) in [5.41, 5.74) is 7.71. The van der Waals surface area contributed by atoms with Crippen LogP contribution in [0.25, 0.3) is 0 Å². The van der Waals surface area contributed by atoms with E-state index in [2.05, 4.69) is 47.1 Å². The number of aromatic nitrogens is 4. The van der Waals surface area contributed by atoms with Gasteiger partial charge in [-0.3, -0.25) is 15.6 Å². The van der Waals surface area contributed by atoms with Crippen LogP contribution in [-0.4, -0.2) is 56.7 Å². The molecule has 3 atom stereocenters. The van der Waals surface area contributed by atoms with Crippen LogP contribution in [0.15, 0.2) is 36.7 Å². The minimum absolute atomic E-state index is 0.0375. The van der Waals surface area contributed by atoms with E-state index in [0.29, 0.717) is 12.6 Å². The smallest absolute Gasteiger partial charge is 0.251 e. The highest BCUT2D eigenvalue weighted by atomic mass is 16.2. The highest BCUT2D eigenvalue weighted by molar-refractivity contribution is 5.83. The van der Waals surface area contributed by atoms with Crippen molar-refractivity contribution in [3.05, 3.63) is 42.2 Å². The van der Waals surface area contributed by atoms with Crippen molar-refractivity contribution in [2.24, 2.45) is 5.41 Å². The zero-order chi connectivity index (χ0) is 18.7. The maximum absolute atomic E-state index is 13.2. The van der Waals surface area contributed by atoms with Crippen LogP contribution in [0.5, 0.6) is 0 Å². The fourth-order valence-corrected chi connectivity index (χ4v) is 3.27. The van der Waals surface area contributed by atoms with Gasteiger partial charge < -0.3 is 4.90 Å². The van der Waals surface area contributed by atoms with Crippen LogP contribution >= 0.6 is 0 Å². The van der Waals surface area contributed by atoms with Crippen molar-refractivity contribution in [2.75, 3.05) is 13.6 Å². The van der Waals surface area contributed by atoms with Crippen LogP contribution in [0.2, 0.25) is 0 Å². The maximum Gasteiger partial charge on any atom is 0.251 e. The molecule has 2 heterocycles. The fraction of sp³-hybridized carbons (Fsp3) is 0.556. The molecular weight excluding hydrogens is 330 g/mol. The lowest BCUT2D eigenvalue weighted by molar-refractivity contribution is -0.132. The minimum Gasteiger partial charge on any atom is -0.342 e. The van der Waals surface area contributed by atoms with Crippen LogP contribution in [0.3, 0.4) is 0 Å². The van der Waals surface area contributed by atoms with Crippen LogP contribution in [0, 0.1) is 5.41 Å². The van der Waals surface area contributed by atoms with Gasteiger partial charge in [0.25, 0.3) is 5.91 Å². The molecule has 0 radical (unpaired) electrons. The third-order valence-corrected chi connectivity index (χ3v) is 4.88. The Morgan fingerprint density at radius 3 is 2.62 bits per heavy atom. The van der Waals surface area contributed by atoms with E-state index in [9.17, 15) is 4.79 Å². The first-order valence-corrected chi connectivity index (χ1v) is 8.89. The summed E-state index contributed by atoms with van der Waals surface area (Å²) in [6, 6.07) is 9.61. The van der Waals surface area contributed by atoms with E-state index < -0.39 is 6.04 Å². The Bertz CT molecular complexity index is 711. The number of nitrogens with zero attached hydrogens (tertiary/aromatic N) is 5. The van der Waals surface area contributed by atoms with E-state index in [1.54, 1.807) is 4.90 Å². The first kappa shape index (κ1) is 18.5. The summed E-state index contributed by atoms with van der Waals surface area (Å²) in [5.74, 6) is -0.0375. The van der Waals surface area contributed by atoms with Gasteiger partial charge in [0.05, 0.1) is 0 Å². The van der Waals surface area contributed by atoms with Gasteiger partial charge in [-0.05, 0) is 27.8 Å². The number of benzene rings is 1. The van der Waals surface area contributed by atoms with E-state index >= 15 is 0 Å². The van der Waals surface area contributed by atoms with Gasteiger partial charge in [-0.1, -0.05) is 51.1 Å². The van der Waals surface area contributed by atoms with E-state index in [1.165, 1.54) is 11.0 Å².